The maximum absolute atomic E-state index is 14.0. The molecular formula is C88H98Br2Cl2N20O10. The Morgan fingerprint density at radius 1 is 0.516 bits per heavy atom. The van der Waals surface area contributed by atoms with Gasteiger partial charge in [0.05, 0.1) is 101 Å². The normalized spacial score (nSPS) is 15.7. The zero-order valence-electron chi connectivity index (χ0n) is 69.5. The average Bonchev–Trinajstić information content (AvgIpc) is 1.58. The van der Waals surface area contributed by atoms with E-state index in [1.54, 1.807) is 65.2 Å². The fourth-order valence-corrected chi connectivity index (χ4v) is 18.9. The number of carboxylic acids is 2. The van der Waals surface area contributed by atoms with E-state index in [0.717, 1.165) is 198 Å². The molecule has 5 fully saturated rings. The quantitative estimate of drug-likeness (QED) is 0.0188. The van der Waals surface area contributed by atoms with Gasteiger partial charge in [-0.15, -0.1) is 5.53 Å². The fraction of sp³-hybridized carbons (Fsp3) is 0.364. The van der Waals surface area contributed by atoms with E-state index in [1.807, 2.05) is 118 Å². The third-order valence-corrected chi connectivity index (χ3v) is 26.5. The van der Waals surface area contributed by atoms with E-state index in [4.69, 9.17) is 42.5 Å². The molecule has 5 aliphatic carbocycles. The molecule has 5 aliphatic rings. The highest BCUT2D eigenvalue weighted by Gasteiger charge is 2.46. The molecule has 0 atom stereocenters. The lowest BCUT2D eigenvalue weighted by molar-refractivity contribution is -0.461. The summed E-state index contributed by atoms with van der Waals surface area (Å²) in [6.07, 6.45) is 24.9. The fourth-order valence-electron chi connectivity index (χ4n) is 18.3. The highest BCUT2D eigenvalue weighted by atomic mass is 79.9. The predicted octanol–water partition coefficient (Wildman–Crippen LogP) is 11.4. The largest absolute Gasteiger partial charge is 1.00 e. The molecule has 0 saturated heterocycles. The maximum atomic E-state index is 14.0. The van der Waals surface area contributed by atoms with Gasteiger partial charge in [-0.2, -0.15) is 5.43 Å². The third-order valence-electron chi connectivity index (χ3n) is 25.3. The van der Waals surface area contributed by atoms with Gasteiger partial charge in [-0.3, -0.25) is 15.4 Å². The molecule has 5 saturated carbocycles. The molecule has 0 spiro atoms. The number of hydrazine groups is 1. The summed E-state index contributed by atoms with van der Waals surface area (Å²) in [4.78, 5) is 99.4. The molecule has 34 heteroatoms. The first kappa shape index (κ1) is 87.3. The van der Waals surface area contributed by atoms with Crippen molar-refractivity contribution in [2.24, 2.45) is 55.1 Å². The number of aryl methyl sites for hydroxylation is 7. The van der Waals surface area contributed by atoms with Gasteiger partial charge in [-0.1, -0.05) is 37.8 Å². The zero-order valence-corrected chi connectivity index (χ0v) is 74.2. The number of halogens is 4. The molecule has 14 aromatic rings. The van der Waals surface area contributed by atoms with Crippen molar-refractivity contribution < 1.29 is 66.7 Å². The number of hydrogen-bond acceptors (Lipinski definition) is 19. The second kappa shape index (κ2) is 35.0. The number of nitrogen functional groups attached to an aromatic ring is 1. The lowest BCUT2D eigenvalue weighted by Gasteiger charge is -2.41. The SMILES string of the molecule is CNc1cc2cc(C(=O)OC)n(C)c2cc1N.COC(=O)c1cc2cc3c(cc2n1C)nc(C1(N)CCC1)n3C.Cn1c(-c2ncc(Br)cn2)c(C2CCCC2)c2ccc(C(=O)O)cc21.Cn1c(C(=O)O)cc2cc3c(cc21)nc(C1(NC(=O)c2ccc4c(C5CCCC5)c(-c5ncc(Br)cn5)n(C)c4c2)CCC1)n3C.[Cl-].[NH3+]NNC1(C(=O)Cl)CCC1. The Balaban J connectivity index is 0.000000136. The lowest BCUT2D eigenvalue weighted by Crippen LogP contribution is -3.00. The van der Waals surface area contributed by atoms with Gasteiger partial charge in [0.15, 0.2) is 11.6 Å². The van der Waals surface area contributed by atoms with Gasteiger partial charge in [0.2, 0.25) is 5.24 Å². The van der Waals surface area contributed by atoms with Gasteiger partial charge < -0.3 is 86.2 Å². The highest BCUT2D eigenvalue weighted by molar-refractivity contribution is 9.10. The number of rotatable bonds is 16. The van der Waals surface area contributed by atoms with Crippen LogP contribution in [-0.4, -0.2) is 134 Å². The first-order chi connectivity index (χ1) is 57.9. The van der Waals surface area contributed by atoms with Crippen LogP contribution in [0.4, 0.5) is 11.4 Å². The molecule has 1 amide bonds. The number of nitrogens with two attached hydrogens (primary N) is 2. The zero-order chi connectivity index (χ0) is 86.0. The van der Waals surface area contributed by atoms with Gasteiger partial charge >= 0.3 is 23.9 Å². The Morgan fingerprint density at radius 3 is 1.34 bits per heavy atom. The first-order valence-electron chi connectivity index (χ1n) is 40.4. The molecule has 13 N–H and O–H groups in total. The molecule has 9 aromatic heterocycles. The minimum Gasteiger partial charge on any atom is -1.00 e. The number of benzene rings is 5. The molecular weight excluding hydrogens is 1730 g/mol. The van der Waals surface area contributed by atoms with Gasteiger partial charge in [0.1, 0.15) is 34.3 Å². The number of hydrogen-bond donors (Lipinski definition) is 9. The summed E-state index contributed by atoms with van der Waals surface area (Å²) in [6, 6.07) is 28.5. The number of carbonyl (C=O) groups is 6. The maximum Gasteiger partial charge on any atom is 0.354 e. The summed E-state index contributed by atoms with van der Waals surface area (Å²) in [5, 5.41) is 30.0. The lowest BCUT2D eigenvalue weighted by atomic mass is 9.75. The molecule has 0 radical (unpaired) electrons. The number of aromatic nitrogens is 13. The van der Waals surface area contributed by atoms with E-state index in [1.165, 1.54) is 51.0 Å². The molecule has 122 heavy (non-hydrogen) atoms. The van der Waals surface area contributed by atoms with E-state index in [2.05, 4.69) is 100 Å². The minimum atomic E-state index is -0.964. The number of anilines is 2. The Kier molecular flexibility index (Phi) is 25.1. The number of amides is 1. The number of aromatic carboxylic acids is 2. The molecule has 638 valence electrons. The van der Waals surface area contributed by atoms with Gasteiger partial charge in [0.25, 0.3) is 5.91 Å². The Labute approximate surface area is 730 Å². The van der Waals surface area contributed by atoms with Crippen LogP contribution in [0.2, 0.25) is 0 Å². The van der Waals surface area contributed by atoms with Crippen molar-refractivity contribution in [1.29, 1.82) is 0 Å². The Morgan fingerprint density at radius 2 is 0.943 bits per heavy atom. The first-order valence-corrected chi connectivity index (χ1v) is 42.3. The van der Waals surface area contributed by atoms with Crippen molar-refractivity contribution in [3.05, 3.63) is 176 Å². The van der Waals surface area contributed by atoms with Gasteiger partial charge in [-0.05, 0) is 229 Å². The summed E-state index contributed by atoms with van der Waals surface area (Å²) in [7, 11) is 18.0. The average molecular weight is 1830 g/mol. The number of methoxy groups -OCH3 is 2. The molecule has 19 rings (SSSR count). The van der Waals surface area contributed by atoms with E-state index < -0.39 is 23.0 Å². The number of quaternary nitrogens is 1. The Bertz CT molecular complexity index is 6450. The van der Waals surface area contributed by atoms with Gasteiger partial charge in [-0.25, -0.2) is 49.1 Å². The van der Waals surface area contributed by atoms with Gasteiger partial charge in [0, 0.05) is 125 Å². The van der Waals surface area contributed by atoms with Crippen LogP contribution in [0.25, 0.3) is 99.6 Å². The van der Waals surface area contributed by atoms with E-state index in [-0.39, 0.29) is 46.7 Å². The monoisotopic (exact) mass is 1820 g/mol. The van der Waals surface area contributed by atoms with Crippen LogP contribution in [-0.2, 0) is 74.7 Å². The number of ether oxygens (including phenoxy) is 2. The number of carboxylic acid groups (broad SMARTS) is 2. The molecule has 30 nitrogen and oxygen atoms in total. The smallest absolute Gasteiger partial charge is 0.354 e. The van der Waals surface area contributed by atoms with Crippen LogP contribution in [0.5, 0.6) is 0 Å². The van der Waals surface area contributed by atoms with Crippen molar-refractivity contribution in [3.8, 4) is 23.0 Å². The predicted molar refractivity (Wildman–Crippen MR) is 473 cm³/mol. The second-order valence-electron chi connectivity index (χ2n) is 32.3. The van der Waals surface area contributed by atoms with E-state index in [0.29, 0.717) is 51.7 Å². The van der Waals surface area contributed by atoms with Crippen LogP contribution in [0, 0.1) is 0 Å². The second-order valence-corrected chi connectivity index (χ2v) is 34.5. The van der Waals surface area contributed by atoms with Crippen LogP contribution in [0.15, 0.2) is 125 Å². The summed E-state index contributed by atoms with van der Waals surface area (Å²) < 4.78 is 24.8. The number of imidazole rings is 2. The number of carbonyl (C=O) groups excluding carboxylic acids is 4. The number of nitrogens with zero attached hydrogens (tertiary/aromatic N) is 13. The third kappa shape index (κ3) is 16.0. The number of esters is 2. The summed E-state index contributed by atoms with van der Waals surface area (Å²) in [5.41, 5.74) is 32.6. The highest BCUT2D eigenvalue weighted by Crippen LogP contribution is 2.48. The van der Waals surface area contributed by atoms with E-state index >= 15 is 0 Å². The van der Waals surface area contributed by atoms with Crippen LogP contribution >= 0.6 is 43.5 Å². The van der Waals surface area contributed by atoms with Crippen LogP contribution in [0.3, 0.4) is 0 Å². The molecule has 0 aliphatic heterocycles. The van der Waals surface area contributed by atoms with E-state index in [9.17, 15) is 39.0 Å². The van der Waals surface area contributed by atoms with Crippen molar-refractivity contribution in [1.82, 2.24) is 78.2 Å². The number of nitrogens with one attached hydrogen (secondary N) is 4. The number of fused-ring (bicyclic) bond motifs is 7. The van der Waals surface area contributed by atoms with Crippen molar-refractivity contribution in [2.45, 2.75) is 138 Å². The summed E-state index contributed by atoms with van der Waals surface area (Å²) in [6.45, 7) is 0. The van der Waals surface area contributed by atoms with Crippen LogP contribution < -0.4 is 51.3 Å². The molecule has 0 unspecified atom stereocenters. The summed E-state index contributed by atoms with van der Waals surface area (Å²) >= 11 is 12.2. The molecule has 9 heterocycles. The molecule has 5 aromatic carbocycles. The summed E-state index contributed by atoms with van der Waals surface area (Å²) in [5.74, 6) is 4.71. The minimum absolute atomic E-state index is 0. The standard InChI is InChI=1S/C35H34BrN7O3.C19H18BrN3O2.C17H20N4O2.C12H15N3O2.C5H10ClN3O.ClH/c1-41-25-16-24-27(14-21(25)15-28(41)33(45)46)43(3)34(39-24)35(11-6-12-35)40-32(44)20-9-10-23-26(13-20)42(2)30(29(23)19-7-4-5-8-19)31-37-17-22(36)18-38-31;1-23-15-8-12(19(24)25)6-7-14(15)16(11-4-2-3-5-11)17(23)18-21-9-13(20)10-22-18;1-20-12-9-11-13(7-10(12)8-14(20)15(22)23-3)21(2)16(19-11)17(18)5-4-6-17;1-14-9-4-7-5-11(12(16)17-3)15(2)10(7)6-8(9)13;6-4(10)5(8-9-7)2-1-3-5;/h9-10,13-19H,4-8,11-12H2,1-3H3,(H,40,44)(H,45,46);6-11H,2-5H2,1H3,(H,24,25);7-9H,4-6,18H2,1-3H3;4-6,14H,13H2,1-3H3;8-9H,1-3,7H2;1H. The van der Waals surface area contributed by atoms with Crippen molar-refractivity contribution in [2.75, 3.05) is 32.3 Å². The van der Waals surface area contributed by atoms with Crippen molar-refractivity contribution >= 4 is 166 Å². The van der Waals surface area contributed by atoms with Crippen LogP contribution in [0.1, 0.15) is 196 Å². The topological polar surface area (TPSA) is 401 Å². The molecule has 0 bridgehead atoms. The Hall–Kier alpha value is -11.1. The van der Waals surface area contributed by atoms with Crippen molar-refractivity contribution in [3.63, 3.8) is 0 Å².